The minimum absolute atomic E-state index is 0.0239. The molecule has 0 saturated carbocycles. The zero-order valence-electron chi connectivity index (χ0n) is 7.51. The molecule has 0 bridgehead atoms. The SMILES string of the molecule is N/C(=N\O)c1ccc(CO)c(CO)c1. The van der Waals surface area contributed by atoms with Crippen LogP contribution in [0.1, 0.15) is 16.7 Å². The van der Waals surface area contributed by atoms with Gasteiger partial charge in [-0.3, -0.25) is 0 Å². The van der Waals surface area contributed by atoms with Crippen LogP contribution < -0.4 is 5.73 Å². The maximum atomic E-state index is 8.97. The fourth-order valence-electron chi connectivity index (χ4n) is 1.14. The van der Waals surface area contributed by atoms with Crippen LogP contribution in [0.15, 0.2) is 23.4 Å². The molecule has 1 aromatic rings. The predicted octanol–water partition coefficient (Wildman–Crippen LogP) is -0.234. The summed E-state index contributed by atoms with van der Waals surface area (Å²) in [5.41, 5.74) is 7.07. The Labute approximate surface area is 81.1 Å². The van der Waals surface area contributed by atoms with Crippen molar-refractivity contribution < 1.29 is 15.4 Å². The molecule has 5 heteroatoms. The number of nitrogens with zero attached hydrogens (tertiary/aromatic N) is 1. The van der Waals surface area contributed by atoms with E-state index in [9.17, 15) is 0 Å². The number of hydrogen-bond donors (Lipinski definition) is 4. The minimum Gasteiger partial charge on any atom is -0.409 e. The van der Waals surface area contributed by atoms with Crippen LogP contribution >= 0.6 is 0 Å². The number of nitrogens with two attached hydrogens (primary N) is 1. The molecule has 0 amide bonds. The Morgan fingerprint density at radius 3 is 2.36 bits per heavy atom. The topological polar surface area (TPSA) is 99.1 Å². The van der Waals surface area contributed by atoms with Gasteiger partial charge in [-0.05, 0) is 17.2 Å². The lowest BCUT2D eigenvalue weighted by atomic mass is 10.0. The summed E-state index contributed by atoms with van der Waals surface area (Å²) in [6, 6.07) is 4.80. The van der Waals surface area contributed by atoms with Crippen molar-refractivity contribution in [3.05, 3.63) is 34.9 Å². The lowest BCUT2D eigenvalue weighted by molar-refractivity contribution is 0.260. The molecule has 0 heterocycles. The molecule has 0 saturated heterocycles. The number of rotatable bonds is 3. The molecule has 0 aliphatic carbocycles. The highest BCUT2D eigenvalue weighted by Crippen LogP contribution is 2.12. The van der Waals surface area contributed by atoms with Crippen molar-refractivity contribution in [2.45, 2.75) is 13.2 Å². The van der Waals surface area contributed by atoms with Gasteiger partial charge in [0.05, 0.1) is 13.2 Å². The number of benzene rings is 1. The molecule has 0 atom stereocenters. The van der Waals surface area contributed by atoms with Crippen LogP contribution in [0.5, 0.6) is 0 Å². The van der Waals surface area contributed by atoms with Crippen LogP contribution in [0.3, 0.4) is 0 Å². The summed E-state index contributed by atoms with van der Waals surface area (Å²) in [6.07, 6.45) is 0. The molecule has 0 radical (unpaired) electrons. The lowest BCUT2D eigenvalue weighted by Gasteiger charge is -2.06. The quantitative estimate of drug-likeness (QED) is 0.232. The Hall–Kier alpha value is -1.59. The smallest absolute Gasteiger partial charge is 0.170 e. The molecule has 0 aliphatic rings. The second-order valence-electron chi connectivity index (χ2n) is 2.78. The molecule has 0 aromatic heterocycles. The van der Waals surface area contributed by atoms with E-state index in [1.165, 1.54) is 0 Å². The van der Waals surface area contributed by atoms with Gasteiger partial charge in [0.2, 0.25) is 0 Å². The van der Waals surface area contributed by atoms with Crippen LogP contribution in [0.2, 0.25) is 0 Å². The van der Waals surface area contributed by atoms with Crippen molar-refractivity contribution in [3.8, 4) is 0 Å². The first kappa shape index (κ1) is 10.5. The summed E-state index contributed by atoms with van der Waals surface area (Å²) < 4.78 is 0. The second-order valence-corrected chi connectivity index (χ2v) is 2.78. The number of oxime groups is 1. The van der Waals surface area contributed by atoms with Crippen LogP contribution in [-0.2, 0) is 13.2 Å². The largest absolute Gasteiger partial charge is 0.409 e. The summed E-state index contributed by atoms with van der Waals surface area (Å²) >= 11 is 0. The highest BCUT2D eigenvalue weighted by Gasteiger charge is 2.04. The third-order valence-electron chi connectivity index (χ3n) is 1.95. The van der Waals surface area contributed by atoms with E-state index in [-0.39, 0.29) is 19.0 Å². The standard InChI is InChI=1S/C9H12N2O3/c10-9(11-14)6-1-2-7(4-12)8(3-6)5-13/h1-3,12-14H,4-5H2,(H2,10,11). The summed E-state index contributed by atoms with van der Waals surface area (Å²) in [7, 11) is 0. The van der Waals surface area contributed by atoms with Gasteiger partial charge < -0.3 is 21.2 Å². The Morgan fingerprint density at radius 2 is 1.86 bits per heavy atom. The van der Waals surface area contributed by atoms with Gasteiger partial charge in [0.15, 0.2) is 5.84 Å². The molecule has 1 rings (SSSR count). The van der Waals surface area contributed by atoms with Crippen molar-refractivity contribution in [1.29, 1.82) is 0 Å². The number of aliphatic hydroxyl groups is 2. The normalized spacial score (nSPS) is 11.7. The van der Waals surface area contributed by atoms with Crippen molar-refractivity contribution in [1.82, 2.24) is 0 Å². The third kappa shape index (κ3) is 2.01. The maximum Gasteiger partial charge on any atom is 0.170 e. The maximum absolute atomic E-state index is 8.97. The lowest BCUT2D eigenvalue weighted by Crippen LogP contribution is -2.13. The molecule has 5 nitrogen and oxygen atoms in total. The highest BCUT2D eigenvalue weighted by atomic mass is 16.4. The Balaban J connectivity index is 3.14. The number of aliphatic hydroxyl groups excluding tert-OH is 2. The zero-order valence-corrected chi connectivity index (χ0v) is 7.51. The molecule has 0 aliphatic heterocycles. The summed E-state index contributed by atoms with van der Waals surface area (Å²) in [6.45, 7) is -0.339. The minimum atomic E-state index is -0.192. The predicted molar refractivity (Wildman–Crippen MR) is 50.8 cm³/mol. The highest BCUT2D eigenvalue weighted by molar-refractivity contribution is 5.97. The van der Waals surface area contributed by atoms with Crippen LogP contribution in [0.25, 0.3) is 0 Å². The Morgan fingerprint density at radius 1 is 1.21 bits per heavy atom. The average molecular weight is 196 g/mol. The molecule has 14 heavy (non-hydrogen) atoms. The van der Waals surface area contributed by atoms with Crippen molar-refractivity contribution in [2.24, 2.45) is 10.9 Å². The van der Waals surface area contributed by atoms with Gasteiger partial charge in [0, 0.05) is 5.56 Å². The molecule has 76 valence electrons. The van der Waals surface area contributed by atoms with Gasteiger partial charge in [-0.1, -0.05) is 17.3 Å². The molecule has 1 aromatic carbocycles. The van der Waals surface area contributed by atoms with Gasteiger partial charge in [-0.2, -0.15) is 0 Å². The molecular formula is C9H12N2O3. The second kappa shape index (κ2) is 4.59. The Bertz CT molecular complexity index is 350. The summed E-state index contributed by atoms with van der Waals surface area (Å²) in [4.78, 5) is 0. The van der Waals surface area contributed by atoms with Gasteiger partial charge in [-0.25, -0.2) is 0 Å². The molecule has 0 spiro atoms. The van der Waals surface area contributed by atoms with E-state index in [0.717, 1.165) is 0 Å². The molecule has 0 unspecified atom stereocenters. The van der Waals surface area contributed by atoms with E-state index < -0.39 is 0 Å². The van der Waals surface area contributed by atoms with Gasteiger partial charge in [0.25, 0.3) is 0 Å². The fraction of sp³-hybridized carbons (Fsp3) is 0.222. The molecule has 5 N–H and O–H groups in total. The van der Waals surface area contributed by atoms with Crippen LogP contribution in [0.4, 0.5) is 0 Å². The first-order valence-electron chi connectivity index (χ1n) is 4.04. The zero-order chi connectivity index (χ0) is 10.6. The van der Waals surface area contributed by atoms with Gasteiger partial charge >= 0.3 is 0 Å². The number of amidine groups is 1. The van der Waals surface area contributed by atoms with Crippen molar-refractivity contribution >= 4 is 5.84 Å². The van der Waals surface area contributed by atoms with E-state index in [1.54, 1.807) is 18.2 Å². The fourth-order valence-corrected chi connectivity index (χ4v) is 1.14. The van der Waals surface area contributed by atoms with Crippen LogP contribution in [-0.4, -0.2) is 21.3 Å². The third-order valence-corrected chi connectivity index (χ3v) is 1.95. The van der Waals surface area contributed by atoms with E-state index in [1.807, 2.05) is 0 Å². The summed E-state index contributed by atoms with van der Waals surface area (Å²) in [5.74, 6) is -0.0239. The molecular weight excluding hydrogens is 184 g/mol. The van der Waals surface area contributed by atoms with Crippen LogP contribution in [0, 0.1) is 0 Å². The van der Waals surface area contributed by atoms with Crippen molar-refractivity contribution in [2.75, 3.05) is 0 Å². The monoisotopic (exact) mass is 196 g/mol. The van der Waals surface area contributed by atoms with Crippen molar-refractivity contribution in [3.63, 3.8) is 0 Å². The molecule has 0 fully saturated rings. The van der Waals surface area contributed by atoms with E-state index >= 15 is 0 Å². The van der Waals surface area contributed by atoms with E-state index in [0.29, 0.717) is 16.7 Å². The summed E-state index contributed by atoms with van der Waals surface area (Å²) in [5, 5.41) is 29.2. The van der Waals surface area contributed by atoms with Gasteiger partial charge in [-0.15, -0.1) is 0 Å². The first-order chi connectivity index (χ1) is 6.72. The Kier molecular flexibility index (Phi) is 3.44. The first-order valence-corrected chi connectivity index (χ1v) is 4.04. The van der Waals surface area contributed by atoms with E-state index in [2.05, 4.69) is 5.16 Å². The van der Waals surface area contributed by atoms with E-state index in [4.69, 9.17) is 21.2 Å². The average Bonchev–Trinajstić information content (AvgIpc) is 2.26. The van der Waals surface area contributed by atoms with Gasteiger partial charge in [0.1, 0.15) is 0 Å². The number of hydrogen-bond acceptors (Lipinski definition) is 4.